The zero-order valence-electron chi connectivity index (χ0n) is 6.22. The van der Waals surface area contributed by atoms with E-state index in [0.717, 1.165) is 12.8 Å². The molecule has 2 heteroatoms. The predicted molar refractivity (Wildman–Crippen MR) is 36.0 cm³/mol. The molecule has 0 aliphatic heterocycles. The summed E-state index contributed by atoms with van der Waals surface area (Å²) in [6.07, 6.45) is 2.06. The minimum atomic E-state index is 0.385. The summed E-state index contributed by atoms with van der Waals surface area (Å²) in [6.45, 7) is 4.36. The molecule has 1 rings (SSSR count). The number of carbonyl (C=O) groups is 1. The van der Waals surface area contributed by atoms with Gasteiger partial charge in [0.1, 0.15) is 0 Å². The summed E-state index contributed by atoms with van der Waals surface area (Å²) in [5.74, 6) is 0. The van der Waals surface area contributed by atoms with E-state index >= 15 is 0 Å². The molecular weight excluding hydrogens is 114 g/mol. The summed E-state index contributed by atoms with van der Waals surface area (Å²) in [4.78, 5) is 12.0. The highest BCUT2D eigenvalue weighted by Crippen LogP contribution is 2.47. The van der Waals surface area contributed by atoms with E-state index in [4.69, 9.17) is 0 Å². The molecule has 0 aromatic carbocycles. The highest BCUT2D eigenvalue weighted by molar-refractivity contribution is 5.48. The molecule has 0 aromatic heterocycles. The third kappa shape index (κ3) is 1.07. The van der Waals surface area contributed by atoms with Crippen molar-refractivity contribution in [2.45, 2.75) is 26.3 Å². The van der Waals surface area contributed by atoms with Gasteiger partial charge in [0, 0.05) is 13.1 Å². The lowest BCUT2D eigenvalue weighted by molar-refractivity contribution is -0.117. The Labute approximate surface area is 55.8 Å². The summed E-state index contributed by atoms with van der Waals surface area (Å²) >= 11 is 0. The van der Waals surface area contributed by atoms with Crippen molar-refractivity contribution in [1.82, 2.24) is 4.90 Å². The molecule has 0 N–H and O–H groups in total. The van der Waals surface area contributed by atoms with Crippen LogP contribution in [-0.2, 0) is 4.79 Å². The van der Waals surface area contributed by atoms with Crippen LogP contribution in [0.15, 0.2) is 0 Å². The van der Waals surface area contributed by atoms with Gasteiger partial charge in [-0.3, -0.25) is 4.79 Å². The van der Waals surface area contributed by atoms with Gasteiger partial charge in [-0.2, -0.15) is 0 Å². The van der Waals surface area contributed by atoms with Crippen molar-refractivity contribution in [3.8, 4) is 0 Å². The lowest BCUT2D eigenvalue weighted by atomic mass is 10.2. The summed E-state index contributed by atoms with van der Waals surface area (Å²) in [5, 5.41) is 0. The summed E-state index contributed by atoms with van der Waals surface area (Å²) < 4.78 is 0. The Morgan fingerprint density at radius 3 is 2.22 bits per heavy atom. The molecule has 52 valence electrons. The maximum absolute atomic E-state index is 10.2. The number of rotatable bonds is 2. The first-order valence-electron chi connectivity index (χ1n) is 3.25. The first kappa shape index (κ1) is 6.59. The van der Waals surface area contributed by atoms with Crippen molar-refractivity contribution in [1.29, 1.82) is 0 Å². The van der Waals surface area contributed by atoms with E-state index in [2.05, 4.69) is 13.8 Å². The van der Waals surface area contributed by atoms with Crippen molar-refractivity contribution < 1.29 is 4.79 Å². The average molecular weight is 127 g/mol. The average Bonchev–Trinajstić information content (AvgIpc) is 2.38. The molecule has 1 amide bonds. The standard InChI is InChI=1S/C7H13NO/c1-7(2)4-6(7)8(3)5-9/h5-6H,4H2,1-3H3. The summed E-state index contributed by atoms with van der Waals surface area (Å²) in [5.41, 5.74) is 0.385. The fourth-order valence-electron chi connectivity index (χ4n) is 1.21. The maximum Gasteiger partial charge on any atom is 0.209 e. The third-order valence-corrected chi connectivity index (χ3v) is 2.12. The normalized spacial score (nSPS) is 29.4. The van der Waals surface area contributed by atoms with Gasteiger partial charge in [0.05, 0.1) is 0 Å². The molecule has 0 spiro atoms. The van der Waals surface area contributed by atoms with E-state index in [1.54, 1.807) is 4.90 Å². The van der Waals surface area contributed by atoms with Crippen molar-refractivity contribution in [3.05, 3.63) is 0 Å². The Morgan fingerprint density at radius 1 is 1.67 bits per heavy atom. The highest BCUT2D eigenvalue weighted by atomic mass is 16.1. The molecule has 1 saturated carbocycles. The minimum absolute atomic E-state index is 0.385. The predicted octanol–water partition coefficient (Wildman–Crippen LogP) is 0.873. The van der Waals surface area contributed by atoms with E-state index in [-0.39, 0.29) is 0 Å². The molecule has 0 bridgehead atoms. The van der Waals surface area contributed by atoms with Gasteiger partial charge in [-0.15, -0.1) is 0 Å². The molecule has 1 fully saturated rings. The van der Waals surface area contributed by atoms with Gasteiger partial charge in [-0.1, -0.05) is 13.8 Å². The van der Waals surface area contributed by atoms with Crippen LogP contribution < -0.4 is 0 Å². The van der Waals surface area contributed by atoms with Gasteiger partial charge < -0.3 is 4.90 Å². The highest BCUT2D eigenvalue weighted by Gasteiger charge is 2.47. The zero-order valence-corrected chi connectivity index (χ0v) is 6.22. The van der Waals surface area contributed by atoms with E-state index in [1.807, 2.05) is 7.05 Å². The van der Waals surface area contributed by atoms with Gasteiger partial charge >= 0.3 is 0 Å². The molecule has 0 heterocycles. The molecular formula is C7H13NO. The molecule has 1 aliphatic rings. The molecule has 1 unspecified atom stereocenters. The van der Waals surface area contributed by atoms with Crippen molar-refractivity contribution in [3.63, 3.8) is 0 Å². The fourth-order valence-corrected chi connectivity index (χ4v) is 1.21. The first-order chi connectivity index (χ1) is 4.08. The number of nitrogens with zero attached hydrogens (tertiary/aromatic N) is 1. The van der Waals surface area contributed by atoms with Crippen LogP contribution in [0.2, 0.25) is 0 Å². The third-order valence-electron chi connectivity index (χ3n) is 2.12. The van der Waals surface area contributed by atoms with Crippen LogP contribution in [0.1, 0.15) is 20.3 Å². The Bertz CT molecular complexity index is 131. The number of amides is 1. The molecule has 1 atom stereocenters. The van der Waals surface area contributed by atoms with E-state index < -0.39 is 0 Å². The van der Waals surface area contributed by atoms with Gasteiger partial charge in [0.15, 0.2) is 0 Å². The lowest BCUT2D eigenvalue weighted by Gasteiger charge is -2.11. The van der Waals surface area contributed by atoms with Crippen LogP contribution in [0.25, 0.3) is 0 Å². The van der Waals surface area contributed by atoms with Crippen molar-refractivity contribution in [2.75, 3.05) is 7.05 Å². The second-order valence-electron chi connectivity index (χ2n) is 3.48. The maximum atomic E-state index is 10.2. The number of carbonyl (C=O) groups excluding carboxylic acids is 1. The summed E-state index contributed by atoms with van der Waals surface area (Å²) in [6, 6.07) is 0.495. The quantitative estimate of drug-likeness (QED) is 0.504. The van der Waals surface area contributed by atoms with Crippen molar-refractivity contribution in [2.24, 2.45) is 5.41 Å². The lowest BCUT2D eigenvalue weighted by Crippen LogP contribution is -2.21. The molecule has 0 saturated heterocycles. The second-order valence-corrected chi connectivity index (χ2v) is 3.48. The number of hydrogen-bond acceptors (Lipinski definition) is 1. The van der Waals surface area contributed by atoms with Gasteiger partial charge in [-0.05, 0) is 11.8 Å². The summed E-state index contributed by atoms with van der Waals surface area (Å²) in [7, 11) is 1.84. The van der Waals surface area contributed by atoms with Gasteiger partial charge in [0.25, 0.3) is 0 Å². The van der Waals surface area contributed by atoms with Gasteiger partial charge in [-0.25, -0.2) is 0 Å². The molecule has 9 heavy (non-hydrogen) atoms. The van der Waals surface area contributed by atoms with Crippen LogP contribution in [-0.4, -0.2) is 24.4 Å². The smallest absolute Gasteiger partial charge is 0.209 e. The fraction of sp³-hybridized carbons (Fsp3) is 0.857. The van der Waals surface area contributed by atoms with Crippen LogP contribution in [0.5, 0.6) is 0 Å². The molecule has 1 aliphatic carbocycles. The number of hydrogen-bond donors (Lipinski definition) is 0. The van der Waals surface area contributed by atoms with E-state index in [0.29, 0.717) is 11.5 Å². The van der Waals surface area contributed by atoms with E-state index in [1.165, 1.54) is 0 Å². The topological polar surface area (TPSA) is 20.3 Å². The van der Waals surface area contributed by atoms with Crippen LogP contribution in [0.4, 0.5) is 0 Å². The second kappa shape index (κ2) is 1.72. The first-order valence-corrected chi connectivity index (χ1v) is 3.25. The Kier molecular flexibility index (Phi) is 1.26. The van der Waals surface area contributed by atoms with Crippen LogP contribution >= 0.6 is 0 Å². The Hall–Kier alpha value is -0.530. The SMILES string of the molecule is CN(C=O)C1CC1(C)C. The Balaban J connectivity index is 2.42. The van der Waals surface area contributed by atoms with Crippen LogP contribution in [0.3, 0.4) is 0 Å². The monoisotopic (exact) mass is 127 g/mol. The van der Waals surface area contributed by atoms with Gasteiger partial charge in [0.2, 0.25) is 6.41 Å². The Morgan fingerprint density at radius 2 is 2.11 bits per heavy atom. The largest absolute Gasteiger partial charge is 0.345 e. The molecule has 2 nitrogen and oxygen atoms in total. The molecule has 0 radical (unpaired) electrons. The zero-order chi connectivity index (χ0) is 7.07. The molecule has 0 aromatic rings. The van der Waals surface area contributed by atoms with E-state index in [9.17, 15) is 4.79 Å². The van der Waals surface area contributed by atoms with Crippen LogP contribution in [0, 0.1) is 5.41 Å². The van der Waals surface area contributed by atoms with Crippen molar-refractivity contribution >= 4 is 6.41 Å². The minimum Gasteiger partial charge on any atom is -0.345 e.